The highest BCUT2D eigenvalue weighted by Gasteiger charge is 2.20. The van der Waals surface area contributed by atoms with Gasteiger partial charge in [0.25, 0.3) is 0 Å². The van der Waals surface area contributed by atoms with Crippen LogP contribution in [0, 0.1) is 5.82 Å². The van der Waals surface area contributed by atoms with Crippen LogP contribution in [-0.2, 0) is 6.42 Å². The Morgan fingerprint density at radius 3 is 2.48 bits per heavy atom. The van der Waals surface area contributed by atoms with Crippen LogP contribution in [-0.4, -0.2) is 36.2 Å². The van der Waals surface area contributed by atoms with Gasteiger partial charge in [0.1, 0.15) is 5.82 Å². The van der Waals surface area contributed by atoms with Crippen LogP contribution >= 0.6 is 0 Å². The van der Waals surface area contributed by atoms with Gasteiger partial charge in [-0.2, -0.15) is 0 Å². The highest BCUT2D eigenvalue weighted by atomic mass is 19.1. The number of rotatable bonds is 6. The number of benzene rings is 2. The third-order valence-corrected chi connectivity index (χ3v) is 3.64. The van der Waals surface area contributed by atoms with Crippen molar-refractivity contribution in [2.24, 2.45) is 0 Å². The van der Waals surface area contributed by atoms with Crippen molar-refractivity contribution in [3.8, 4) is 0 Å². The third kappa shape index (κ3) is 4.79. The van der Waals surface area contributed by atoms with E-state index in [9.17, 15) is 9.18 Å². The van der Waals surface area contributed by atoms with E-state index < -0.39 is 6.04 Å². The number of nitrogens with zero attached hydrogens (tertiary/aromatic N) is 1. The molecular formula is C18H21FN2O2. The summed E-state index contributed by atoms with van der Waals surface area (Å²) in [6, 6.07) is 15.2. The molecule has 0 aromatic heterocycles. The summed E-state index contributed by atoms with van der Waals surface area (Å²) in [5.74, 6) is -0.349. The summed E-state index contributed by atoms with van der Waals surface area (Å²) in [4.78, 5) is 13.6. The summed E-state index contributed by atoms with van der Waals surface area (Å²) >= 11 is 0. The second-order valence-electron chi connectivity index (χ2n) is 5.36. The standard InChI is InChI=1S/C18H21FN2O2/c1-21(11-12-22)18(23)20-17(13-14-7-3-2-4-8-14)15-9-5-6-10-16(15)19/h2-10,17,22H,11-13H2,1H3,(H,20,23). The van der Waals surface area contributed by atoms with Gasteiger partial charge in [-0.05, 0) is 18.1 Å². The average molecular weight is 316 g/mol. The van der Waals surface area contributed by atoms with E-state index in [-0.39, 0.29) is 25.0 Å². The van der Waals surface area contributed by atoms with E-state index in [0.29, 0.717) is 12.0 Å². The van der Waals surface area contributed by atoms with E-state index >= 15 is 0 Å². The molecule has 1 atom stereocenters. The molecule has 2 rings (SSSR count). The Bertz CT molecular complexity index is 634. The Balaban J connectivity index is 2.21. The van der Waals surface area contributed by atoms with Gasteiger partial charge in [0.05, 0.1) is 12.6 Å². The molecule has 0 saturated carbocycles. The number of aliphatic hydroxyl groups excluding tert-OH is 1. The first kappa shape index (κ1) is 17.0. The van der Waals surface area contributed by atoms with Crippen LogP contribution in [0.1, 0.15) is 17.2 Å². The molecule has 0 bridgehead atoms. The zero-order valence-electron chi connectivity index (χ0n) is 13.1. The zero-order valence-corrected chi connectivity index (χ0v) is 13.1. The maximum atomic E-state index is 14.1. The summed E-state index contributed by atoms with van der Waals surface area (Å²) in [6.07, 6.45) is 0.487. The Hall–Kier alpha value is -2.40. The van der Waals surface area contributed by atoms with Crippen molar-refractivity contribution in [3.05, 3.63) is 71.5 Å². The molecule has 2 aromatic carbocycles. The van der Waals surface area contributed by atoms with Crippen LogP contribution in [0.3, 0.4) is 0 Å². The van der Waals surface area contributed by atoms with E-state index in [0.717, 1.165) is 5.56 Å². The van der Waals surface area contributed by atoms with E-state index in [1.807, 2.05) is 30.3 Å². The highest BCUT2D eigenvalue weighted by molar-refractivity contribution is 5.74. The Labute approximate surface area is 135 Å². The minimum atomic E-state index is -0.479. The summed E-state index contributed by atoms with van der Waals surface area (Å²) in [7, 11) is 1.59. The topological polar surface area (TPSA) is 52.6 Å². The maximum absolute atomic E-state index is 14.1. The van der Waals surface area contributed by atoms with Gasteiger partial charge in [-0.15, -0.1) is 0 Å². The molecule has 2 amide bonds. The molecule has 0 saturated heterocycles. The number of halogens is 1. The molecule has 23 heavy (non-hydrogen) atoms. The monoisotopic (exact) mass is 316 g/mol. The summed E-state index contributed by atoms with van der Waals surface area (Å²) in [5.41, 5.74) is 1.45. The predicted molar refractivity (Wildman–Crippen MR) is 87.5 cm³/mol. The van der Waals surface area contributed by atoms with E-state index in [4.69, 9.17) is 5.11 Å². The number of hydrogen-bond acceptors (Lipinski definition) is 2. The van der Waals surface area contributed by atoms with Crippen molar-refractivity contribution in [2.75, 3.05) is 20.2 Å². The second-order valence-corrected chi connectivity index (χ2v) is 5.36. The third-order valence-electron chi connectivity index (χ3n) is 3.64. The summed E-state index contributed by atoms with van der Waals surface area (Å²) in [5, 5.41) is 11.8. The van der Waals surface area contributed by atoms with Crippen LogP contribution in [0.25, 0.3) is 0 Å². The van der Waals surface area contributed by atoms with Crippen LogP contribution in [0.4, 0.5) is 9.18 Å². The predicted octanol–water partition coefficient (Wildman–Crippen LogP) is 2.74. The maximum Gasteiger partial charge on any atom is 0.317 e. The number of carbonyl (C=O) groups excluding carboxylic acids is 1. The Morgan fingerprint density at radius 2 is 1.83 bits per heavy atom. The Morgan fingerprint density at radius 1 is 1.17 bits per heavy atom. The lowest BCUT2D eigenvalue weighted by molar-refractivity contribution is 0.187. The molecule has 5 heteroatoms. The van der Waals surface area contributed by atoms with Crippen molar-refractivity contribution in [3.63, 3.8) is 0 Å². The normalized spacial score (nSPS) is 11.8. The minimum absolute atomic E-state index is 0.118. The molecule has 0 aliphatic heterocycles. The molecule has 1 unspecified atom stereocenters. The van der Waals surface area contributed by atoms with E-state index in [2.05, 4.69) is 5.32 Å². The molecule has 2 aromatic rings. The molecule has 0 fully saturated rings. The van der Waals surface area contributed by atoms with Crippen LogP contribution in [0.15, 0.2) is 54.6 Å². The zero-order chi connectivity index (χ0) is 16.7. The number of amides is 2. The number of urea groups is 1. The van der Waals surface area contributed by atoms with Gasteiger partial charge in [0, 0.05) is 19.2 Å². The van der Waals surface area contributed by atoms with Crippen LogP contribution < -0.4 is 5.32 Å². The van der Waals surface area contributed by atoms with Gasteiger partial charge in [0.2, 0.25) is 0 Å². The van der Waals surface area contributed by atoms with Crippen molar-refractivity contribution < 1.29 is 14.3 Å². The fourth-order valence-corrected chi connectivity index (χ4v) is 2.36. The van der Waals surface area contributed by atoms with Gasteiger partial charge in [-0.1, -0.05) is 48.5 Å². The second kappa shape index (κ2) is 8.29. The highest BCUT2D eigenvalue weighted by Crippen LogP contribution is 2.21. The van der Waals surface area contributed by atoms with Gasteiger partial charge in [-0.3, -0.25) is 0 Å². The van der Waals surface area contributed by atoms with Crippen LogP contribution in [0.2, 0.25) is 0 Å². The van der Waals surface area contributed by atoms with E-state index in [1.165, 1.54) is 11.0 Å². The molecular weight excluding hydrogens is 295 g/mol. The van der Waals surface area contributed by atoms with Crippen molar-refractivity contribution in [1.29, 1.82) is 0 Å². The molecule has 0 spiro atoms. The first-order chi connectivity index (χ1) is 11.1. The SMILES string of the molecule is CN(CCO)C(=O)NC(Cc1ccccc1)c1ccccc1F. The molecule has 0 aliphatic carbocycles. The molecule has 2 N–H and O–H groups in total. The van der Waals surface area contributed by atoms with Crippen molar-refractivity contribution in [1.82, 2.24) is 10.2 Å². The minimum Gasteiger partial charge on any atom is -0.395 e. The van der Waals surface area contributed by atoms with E-state index in [1.54, 1.807) is 25.2 Å². The number of nitrogens with one attached hydrogen (secondary N) is 1. The summed E-state index contributed by atoms with van der Waals surface area (Å²) < 4.78 is 14.1. The van der Waals surface area contributed by atoms with Crippen molar-refractivity contribution >= 4 is 6.03 Å². The molecule has 0 heterocycles. The van der Waals surface area contributed by atoms with Gasteiger partial charge in [-0.25, -0.2) is 9.18 Å². The molecule has 0 aliphatic rings. The number of carbonyl (C=O) groups is 1. The molecule has 4 nitrogen and oxygen atoms in total. The fraction of sp³-hybridized carbons (Fsp3) is 0.278. The Kier molecular flexibility index (Phi) is 6.11. The lowest BCUT2D eigenvalue weighted by Crippen LogP contribution is -2.41. The quantitative estimate of drug-likeness (QED) is 0.861. The molecule has 122 valence electrons. The number of aliphatic hydroxyl groups is 1. The largest absolute Gasteiger partial charge is 0.395 e. The lowest BCUT2D eigenvalue weighted by atomic mass is 9.98. The lowest BCUT2D eigenvalue weighted by Gasteiger charge is -2.24. The average Bonchev–Trinajstić information content (AvgIpc) is 2.56. The first-order valence-corrected chi connectivity index (χ1v) is 7.52. The number of hydrogen-bond donors (Lipinski definition) is 2. The fourth-order valence-electron chi connectivity index (χ4n) is 2.36. The van der Waals surface area contributed by atoms with Gasteiger partial charge in [0.15, 0.2) is 0 Å². The van der Waals surface area contributed by atoms with Gasteiger partial charge < -0.3 is 15.3 Å². The van der Waals surface area contributed by atoms with Gasteiger partial charge >= 0.3 is 6.03 Å². The smallest absolute Gasteiger partial charge is 0.317 e. The van der Waals surface area contributed by atoms with Crippen LogP contribution in [0.5, 0.6) is 0 Å². The van der Waals surface area contributed by atoms with Crippen molar-refractivity contribution in [2.45, 2.75) is 12.5 Å². The summed E-state index contributed by atoms with van der Waals surface area (Å²) in [6.45, 7) is 0.105. The number of likely N-dealkylation sites (N-methyl/N-ethyl adjacent to an activating group) is 1. The molecule has 0 radical (unpaired) electrons. The first-order valence-electron chi connectivity index (χ1n) is 7.52.